The molecule has 0 aromatic heterocycles. The summed E-state index contributed by atoms with van der Waals surface area (Å²) in [6.45, 7) is 0. The summed E-state index contributed by atoms with van der Waals surface area (Å²) in [4.78, 5) is 10.3. The molecule has 0 saturated carbocycles. The third-order valence-corrected chi connectivity index (χ3v) is 1.76. The highest BCUT2D eigenvalue weighted by Gasteiger charge is 2.48. The molecule has 0 amide bonds. The Morgan fingerprint density at radius 1 is 1.23 bits per heavy atom. The van der Waals surface area contributed by atoms with Gasteiger partial charge in [-0.3, -0.25) is 0 Å². The molecule has 1 aliphatic heterocycles. The molecular weight excluding hydrogens is 190 g/mol. The van der Waals surface area contributed by atoms with E-state index in [4.69, 9.17) is 15.3 Å². The van der Waals surface area contributed by atoms with Gasteiger partial charge in [-0.25, -0.2) is 13.6 Å². The number of carboxylic acids is 1. The predicted octanol–water partition coefficient (Wildman–Crippen LogP) is -1.17. The molecule has 0 aliphatic carbocycles. The molecule has 1 saturated heterocycles. The molecule has 13 heavy (non-hydrogen) atoms. The number of halogens is 2. The van der Waals surface area contributed by atoms with Crippen molar-refractivity contribution in [3.63, 3.8) is 0 Å². The predicted molar refractivity (Wildman–Crippen MR) is 34.3 cm³/mol. The highest BCUT2D eigenvalue weighted by atomic mass is 19.2. The molecule has 3 N–H and O–H groups in total. The molecule has 0 radical (unpaired) electrons. The van der Waals surface area contributed by atoms with E-state index in [1.165, 1.54) is 0 Å². The number of hydrogen-bond acceptors (Lipinski definition) is 4. The van der Waals surface area contributed by atoms with Gasteiger partial charge in [-0.15, -0.1) is 0 Å². The zero-order valence-corrected chi connectivity index (χ0v) is 6.30. The number of carbonyl (C=O) groups is 1. The summed E-state index contributed by atoms with van der Waals surface area (Å²) in [6, 6.07) is 0. The summed E-state index contributed by atoms with van der Waals surface area (Å²) in [7, 11) is 0. The summed E-state index contributed by atoms with van der Waals surface area (Å²) in [5.74, 6) is -1.65. The van der Waals surface area contributed by atoms with Gasteiger partial charge < -0.3 is 20.1 Å². The third-order valence-electron chi connectivity index (χ3n) is 1.76. The SMILES string of the molecule is O=C(O)C1OC(F)C(F)C(O)C1O. The van der Waals surface area contributed by atoms with Gasteiger partial charge in [0.25, 0.3) is 0 Å². The minimum absolute atomic E-state index is 1.65. The maximum atomic E-state index is 12.6. The monoisotopic (exact) mass is 198 g/mol. The second-order valence-corrected chi connectivity index (χ2v) is 2.67. The van der Waals surface area contributed by atoms with Gasteiger partial charge in [0.1, 0.15) is 12.2 Å². The van der Waals surface area contributed by atoms with E-state index in [2.05, 4.69) is 4.74 Å². The Morgan fingerprint density at radius 2 is 1.77 bits per heavy atom. The summed E-state index contributed by atoms with van der Waals surface area (Å²) in [6.07, 6.45) is -10.9. The van der Waals surface area contributed by atoms with Crippen LogP contribution in [0.15, 0.2) is 0 Å². The number of carboxylic acid groups (broad SMARTS) is 1. The van der Waals surface area contributed by atoms with Crippen molar-refractivity contribution in [1.82, 2.24) is 0 Å². The molecule has 1 heterocycles. The van der Waals surface area contributed by atoms with Gasteiger partial charge in [-0.05, 0) is 0 Å². The third kappa shape index (κ3) is 1.77. The number of aliphatic carboxylic acids is 1. The van der Waals surface area contributed by atoms with Gasteiger partial charge >= 0.3 is 5.97 Å². The van der Waals surface area contributed by atoms with Crippen LogP contribution in [0.25, 0.3) is 0 Å². The minimum Gasteiger partial charge on any atom is -0.479 e. The van der Waals surface area contributed by atoms with Crippen LogP contribution < -0.4 is 0 Å². The van der Waals surface area contributed by atoms with Gasteiger partial charge in [0.15, 0.2) is 12.3 Å². The van der Waals surface area contributed by atoms with Crippen molar-refractivity contribution in [1.29, 1.82) is 0 Å². The molecular formula is C6H8F2O5. The maximum Gasteiger partial charge on any atom is 0.335 e. The zero-order chi connectivity index (χ0) is 10.2. The first-order valence-corrected chi connectivity index (χ1v) is 3.47. The minimum atomic E-state index is -2.53. The highest BCUT2D eigenvalue weighted by Crippen LogP contribution is 2.24. The maximum absolute atomic E-state index is 12.6. The number of hydrogen-bond donors (Lipinski definition) is 3. The van der Waals surface area contributed by atoms with Crippen LogP contribution in [0.3, 0.4) is 0 Å². The van der Waals surface area contributed by atoms with Crippen molar-refractivity contribution in [2.45, 2.75) is 30.8 Å². The van der Waals surface area contributed by atoms with Crippen molar-refractivity contribution in [3.8, 4) is 0 Å². The van der Waals surface area contributed by atoms with Gasteiger partial charge in [0.05, 0.1) is 0 Å². The lowest BCUT2D eigenvalue weighted by atomic mass is 10.0. The summed E-state index contributed by atoms with van der Waals surface area (Å²) >= 11 is 0. The Balaban J connectivity index is 2.76. The Hall–Kier alpha value is -0.790. The Bertz CT molecular complexity index is 211. The molecule has 0 aromatic rings. The largest absolute Gasteiger partial charge is 0.479 e. The van der Waals surface area contributed by atoms with Crippen LogP contribution in [-0.2, 0) is 9.53 Å². The average molecular weight is 198 g/mol. The fourth-order valence-electron chi connectivity index (χ4n) is 1.02. The average Bonchev–Trinajstić information content (AvgIpc) is 2.07. The smallest absolute Gasteiger partial charge is 0.335 e. The topological polar surface area (TPSA) is 87.0 Å². The molecule has 1 fully saturated rings. The standard InChI is InChI=1S/C6H8F2O5/c7-1-2(9)3(10)4(6(11)12)13-5(1)8/h1-5,9-10H,(H,11,12). The molecule has 7 heteroatoms. The van der Waals surface area contributed by atoms with E-state index in [-0.39, 0.29) is 0 Å². The van der Waals surface area contributed by atoms with Gasteiger partial charge in [-0.2, -0.15) is 0 Å². The summed E-state index contributed by atoms with van der Waals surface area (Å²) in [5, 5.41) is 26.1. The van der Waals surface area contributed by atoms with E-state index in [0.717, 1.165) is 0 Å². The normalized spacial score (nSPS) is 46.0. The summed E-state index contributed by atoms with van der Waals surface area (Å²) in [5.41, 5.74) is 0. The second kappa shape index (κ2) is 3.52. The molecule has 0 aromatic carbocycles. The van der Waals surface area contributed by atoms with Crippen LogP contribution >= 0.6 is 0 Å². The Labute approximate surface area is 71.5 Å². The van der Waals surface area contributed by atoms with Crippen LogP contribution in [0.5, 0.6) is 0 Å². The molecule has 5 unspecified atom stereocenters. The van der Waals surface area contributed by atoms with E-state index < -0.39 is 36.8 Å². The molecule has 0 spiro atoms. The Morgan fingerprint density at radius 3 is 2.23 bits per heavy atom. The number of aliphatic hydroxyl groups excluding tert-OH is 2. The van der Waals surface area contributed by atoms with Crippen LogP contribution in [0.2, 0.25) is 0 Å². The van der Waals surface area contributed by atoms with Gasteiger partial charge in [0.2, 0.25) is 6.36 Å². The van der Waals surface area contributed by atoms with E-state index >= 15 is 0 Å². The molecule has 1 aliphatic rings. The van der Waals surface area contributed by atoms with E-state index in [1.54, 1.807) is 0 Å². The molecule has 1 rings (SSSR count). The van der Waals surface area contributed by atoms with Crippen molar-refractivity contribution in [2.75, 3.05) is 0 Å². The zero-order valence-electron chi connectivity index (χ0n) is 6.30. The second-order valence-electron chi connectivity index (χ2n) is 2.67. The molecule has 76 valence electrons. The lowest BCUT2D eigenvalue weighted by Crippen LogP contribution is -2.57. The molecule has 5 atom stereocenters. The lowest BCUT2D eigenvalue weighted by molar-refractivity contribution is -0.242. The fraction of sp³-hybridized carbons (Fsp3) is 0.833. The Kier molecular flexibility index (Phi) is 2.79. The number of alkyl halides is 2. The lowest BCUT2D eigenvalue weighted by Gasteiger charge is -2.33. The van der Waals surface area contributed by atoms with E-state index in [1.807, 2.05) is 0 Å². The van der Waals surface area contributed by atoms with E-state index in [9.17, 15) is 13.6 Å². The first-order chi connectivity index (χ1) is 5.95. The number of ether oxygens (including phenoxy) is 1. The van der Waals surface area contributed by atoms with Crippen LogP contribution in [0.1, 0.15) is 0 Å². The molecule has 5 nitrogen and oxygen atoms in total. The number of aliphatic hydroxyl groups is 2. The van der Waals surface area contributed by atoms with Crippen molar-refractivity contribution in [2.24, 2.45) is 0 Å². The first-order valence-electron chi connectivity index (χ1n) is 3.47. The summed E-state index contributed by atoms with van der Waals surface area (Å²) < 4.78 is 29.0. The van der Waals surface area contributed by atoms with Crippen molar-refractivity contribution in [3.05, 3.63) is 0 Å². The van der Waals surface area contributed by atoms with Crippen molar-refractivity contribution >= 4 is 5.97 Å². The first kappa shape index (κ1) is 10.3. The van der Waals surface area contributed by atoms with Gasteiger partial charge in [0, 0.05) is 0 Å². The quantitative estimate of drug-likeness (QED) is 0.494. The highest BCUT2D eigenvalue weighted by molar-refractivity contribution is 5.73. The van der Waals surface area contributed by atoms with Crippen LogP contribution in [0, 0.1) is 0 Å². The van der Waals surface area contributed by atoms with Crippen molar-refractivity contribution < 1.29 is 33.6 Å². The molecule has 0 bridgehead atoms. The van der Waals surface area contributed by atoms with E-state index in [0.29, 0.717) is 0 Å². The fourth-order valence-corrected chi connectivity index (χ4v) is 1.02. The van der Waals surface area contributed by atoms with Crippen LogP contribution in [-0.4, -0.2) is 52.1 Å². The number of rotatable bonds is 1. The van der Waals surface area contributed by atoms with Crippen LogP contribution in [0.4, 0.5) is 8.78 Å². The van der Waals surface area contributed by atoms with Gasteiger partial charge in [-0.1, -0.05) is 0 Å².